The maximum Gasteiger partial charge on any atom is 0.167 e. The van der Waals surface area contributed by atoms with Crippen molar-refractivity contribution in [3.63, 3.8) is 0 Å². The van der Waals surface area contributed by atoms with Crippen LogP contribution < -0.4 is 5.32 Å². The molecule has 0 fully saturated rings. The number of hydrogen-bond donors (Lipinski definition) is 1. The van der Waals surface area contributed by atoms with Gasteiger partial charge in [0.15, 0.2) is 5.50 Å². The molecule has 0 amide bonds. The van der Waals surface area contributed by atoms with Crippen LogP contribution in [0.3, 0.4) is 0 Å². The third-order valence-corrected chi connectivity index (χ3v) is 2.36. The molecule has 0 radical (unpaired) electrons. The molecule has 0 saturated heterocycles. The maximum absolute atomic E-state index is 4.28. The minimum Gasteiger partial charge on any atom is -0.340 e. The number of nitrogens with zero attached hydrogens (tertiary/aromatic N) is 2. The summed E-state index contributed by atoms with van der Waals surface area (Å²) < 4.78 is 0. The van der Waals surface area contributed by atoms with Crippen molar-refractivity contribution in [2.24, 2.45) is 4.99 Å². The number of aromatic nitrogens is 1. The standard InChI is InChI=1S/C8H9N3S/c1-12-8-10-5-6-3-2-4-9-7(6)11-8/h2-5,8H,1H3,(H,9,11). The van der Waals surface area contributed by atoms with Gasteiger partial charge in [-0.25, -0.2) is 4.98 Å². The summed E-state index contributed by atoms with van der Waals surface area (Å²) in [5, 5.41) is 3.20. The van der Waals surface area contributed by atoms with Crippen LogP contribution in [0.25, 0.3) is 0 Å². The van der Waals surface area contributed by atoms with Crippen molar-refractivity contribution in [2.45, 2.75) is 5.50 Å². The van der Waals surface area contributed by atoms with Crippen molar-refractivity contribution in [3.8, 4) is 0 Å². The predicted octanol–water partition coefficient (Wildman–Crippen LogP) is 1.57. The Labute approximate surface area is 75.3 Å². The Hall–Kier alpha value is -1.03. The average molecular weight is 179 g/mol. The Morgan fingerprint density at radius 1 is 1.58 bits per heavy atom. The zero-order valence-electron chi connectivity index (χ0n) is 6.69. The van der Waals surface area contributed by atoms with Crippen LogP contribution in [0, 0.1) is 0 Å². The van der Waals surface area contributed by atoms with Gasteiger partial charge in [-0.15, -0.1) is 11.8 Å². The second kappa shape index (κ2) is 3.15. The molecule has 2 heterocycles. The summed E-state index contributed by atoms with van der Waals surface area (Å²) in [4.78, 5) is 8.48. The van der Waals surface area contributed by atoms with Crippen LogP contribution in [-0.4, -0.2) is 23.0 Å². The van der Waals surface area contributed by atoms with Gasteiger partial charge in [0.2, 0.25) is 0 Å². The molecular formula is C8H9N3S. The lowest BCUT2D eigenvalue weighted by Gasteiger charge is -2.18. The molecule has 2 rings (SSSR count). The Bertz CT molecular complexity index is 311. The first-order valence-electron chi connectivity index (χ1n) is 3.67. The van der Waals surface area contributed by atoms with Gasteiger partial charge in [0.25, 0.3) is 0 Å². The Morgan fingerprint density at radius 2 is 2.50 bits per heavy atom. The summed E-state index contributed by atoms with van der Waals surface area (Å²) in [7, 11) is 0. The van der Waals surface area contributed by atoms with Gasteiger partial charge in [0.05, 0.1) is 0 Å². The van der Waals surface area contributed by atoms with Crippen LogP contribution in [0.4, 0.5) is 5.82 Å². The zero-order chi connectivity index (χ0) is 8.39. The molecule has 1 aromatic heterocycles. The summed E-state index contributed by atoms with van der Waals surface area (Å²) in [5.74, 6) is 0.923. The van der Waals surface area contributed by atoms with E-state index < -0.39 is 0 Å². The van der Waals surface area contributed by atoms with Gasteiger partial charge in [0.1, 0.15) is 5.82 Å². The van der Waals surface area contributed by atoms with E-state index in [2.05, 4.69) is 15.3 Å². The summed E-state index contributed by atoms with van der Waals surface area (Å²) >= 11 is 1.66. The number of aliphatic imine (C=N–C) groups is 1. The number of pyridine rings is 1. The average Bonchev–Trinajstić information content (AvgIpc) is 2.17. The lowest BCUT2D eigenvalue weighted by molar-refractivity contribution is 1.03. The van der Waals surface area contributed by atoms with Gasteiger partial charge in [-0.1, -0.05) is 0 Å². The summed E-state index contributed by atoms with van der Waals surface area (Å²) in [6.07, 6.45) is 5.66. The molecule has 0 spiro atoms. The molecule has 1 aliphatic heterocycles. The van der Waals surface area contributed by atoms with Crippen LogP contribution in [0.5, 0.6) is 0 Å². The highest BCUT2D eigenvalue weighted by Gasteiger charge is 2.11. The fraction of sp³-hybridized carbons (Fsp3) is 0.250. The van der Waals surface area contributed by atoms with Crippen molar-refractivity contribution in [2.75, 3.05) is 11.6 Å². The zero-order valence-corrected chi connectivity index (χ0v) is 7.51. The first-order chi connectivity index (χ1) is 5.90. The van der Waals surface area contributed by atoms with Crippen LogP contribution in [-0.2, 0) is 0 Å². The molecule has 0 aromatic carbocycles. The topological polar surface area (TPSA) is 37.3 Å². The number of nitrogens with one attached hydrogen (secondary N) is 1. The summed E-state index contributed by atoms with van der Waals surface area (Å²) in [6, 6.07) is 3.90. The second-order valence-corrected chi connectivity index (χ2v) is 3.37. The third-order valence-electron chi connectivity index (χ3n) is 1.67. The van der Waals surface area contributed by atoms with Gasteiger partial charge < -0.3 is 5.32 Å². The molecule has 1 unspecified atom stereocenters. The van der Waals surface area contributed by atoms with Crippen LogP contribution in [0.1, 0.15) is 5.56 Å². The van der Waals surface area contributed by atoms with Crippen molar-refractivity contribution >= 4 is 23.8 Å². The molecular weight excluding hydrogens is 170 g/mol. The van der Waals surface area contributed by atoms with Gasteiger partial charge in [0, 0.05) is 18.0 Å². The Kier molecular flexibility index (Phi) is 1.99. The Morgan fingerprint density at radius 3 is 3.33 bits per heavy atom. The number of thioether (sulfide) groups is 1. The van der Waals surface area contributed by atoms with Gasteiger partial charge in [-0.05, 0) is 18.4 Å². The summed E-state index contributed by atoms with van der Waals surface area (Å²) in [5.41, 5.74) is 1.18. The van der Waals surface area contributed by atoms with Crippen LogP contribution in [0.15, 0.2) is 23.3 Å². The predicted molar refractivity (Wildman–Crippen MR) is 52.8 cm³/mol. The van der Waals surface area contributed by atoms with E-state index in [1.54, 1.807) is 18.0 Å². The molecule has 1 aliphatic rings. The van der Waals surface area contributed by atoms with Crippen molar-refractivity contribution < 1.29 is 0 Å². The van der Waals surface area contributed by atoms with E-state index in [0.717, 1.165) is 11.4 Å². The monoisotopic (exact) mass is 179 g/mol. The third kappa shape index (κ3) is 1.30. The lowest BCUT2D eigenvalue weighted by Crippen LogP contribution is -2.18. The normalized spacial score (nSPS) is 19.9. The molecule has 0 bridgehead atoms. The number of anilines is 1. The quantitative estimate of drug-likeness (QED) is 0.711. The minimum absolute atomic E-state index is 0.118. The van der Waals surface area contributed by atoms with Crippen molar-refractivity contribution in [1.82, 2.24) is 4.98 Å². The van der Waals surface area contributed by atoms with Crippen molar-refractivity contribution in [1.29, 1.82) is 0 Å². The first-order valence-corrected chi connectivity index (χ1v) is 4.96. The molecule has 1 atom stereocenters. The van der Waals surface area contributed by atoms with Gasteiger partial charge in [-0.2, -0.15) is 0 Å². The molecule has 1 aromatic rings. The maximum atomic E-state index is 4.28. The van der Waals surface area contributed by atoms with Gasteiger partial charge >= 0.3 is 0 Å². The number of fused-ring (bicyclic) bond motifs is 1. The highest BCUT2D eigenvalue weighted by atomic mass is 32.2. The van der Waals surface area contributed by atoms with E-state index in [0.29, 0.717) is 0 Å². The largest absolute Gasteiger partial charge is 0.340 e. The fourth-order valence-corrected chi connectivity index (χ4v) is 1.48. The smallest absolute Gasteiger partial charge is 0.167 e. The molecule has 3 nitrogen and oxygen atoms in total. The number of hydrogen-bond acceptors (Lipinski definition) is 4. The van der Waals surface area contributed by atoms with Crippen LogP contribution >= 0.6 is 11.8 Å². The molecule has 0 saturated carbocycles. The molecule has 1 N–H and O–H groups in total. The van der Waals surface area contributed by atoms with E-state index >= 15 is 0 Å². The van der Waals surface area contributed by atoms with Crippen LogP contribution in [0.2, 0.25) is 0 Å². The Balaban J connectivity index is 2.33. The number of rotatable bonds is 1. The first kappa shape index (κ1) is 7.61. The van der Waals surface area contributed by atoms with E-state index in [1.807, 2.05) is 24.6 Å². The highest BCUT2D eigenvalue weighted by Crippen LogP contribution is 2.19. The van der Waals surface area contributed by atoms with Gasteiger partial charge in [-0.3, -0.25) is 4.99 Å². The van der Waals surface area contributed by atoms with E-state index in [-0.39, 0.29) is 5.50 Å². The molecule has 4 heteroatoms. The van der Waals surface area contributed by atoms with E-state index in [4.69, 9.17) is 0 Å². The molecule has 0 aliphatic carbocycles. The highest BCUT2D eigenvalue weighted by molar-refractivity contribution is 7.99. The van der Waals surface area contributed by atoms with Crippen molar-refractivity contribution in [3.05, 3.63) is 23.9 Å². The SMILES string of the molecule is CSC1N=Cc2cccnc2N1. The lowest BCUT2D eigenvalue weighted by atomic mass is 10.2. The van der Waals surface area contributed by atoms with E-state index in [9.17, 15) is 0 Å². The minimum atomic E-state index is 0.118. The molecule has 12 heavy (non-hydrogen) atoms. The summed E-state index contributed by atoms with van der Waals surface area (Å²) in [6.45, 7) is 0. The second-order valence-electron chi connectivity index (χ2n) is 2.45. The molecule has 62 valence electrons. The fourth-order valence-electron chi connectivity index (χ4n) is 1.06. The van der Waals surface area contributed by atoms with E-state index in [1.165, 1.54) is 0 Å².